The van der Waals surface area contributed by atoms with Crippen molar-refractivity contribution in [3.05, 3.63) is 30.3 Å². The van der Waals surface area contributed by atoms with E-state index >= 15 is 0 Å². The van der Waals surface area contributed by atoms with Crippen LogP contribution in [0.3, 0.4) is 0 Å². The van der Waals surface area contributed by atoms with Gasteiger partial charge >= 0.3 is 0 Å². The van der Waals surface area contributed by atoms with Crippen molar-refractivity contribution in [2.45, 2.75) is 44.9 Å². The van der Waals surface area contributed by atoms with Crippen LogP contribution in [0.1, 0.15) is 44.9 Å². The van der Waals surface area contributed by atoms with E-state index in [9.17, 15) is 4.79 Å². The quantitative estimate of drug-likeness (QED) is 0.846. The van der Waals surface area contributed by atoms with Crippen LogP contribution in [0.4, 0.5) is 5.69 Å². The minimum Gasteiger partial charge on any atom is -0.312 e. The number of nitrogens with zero attached hydrogens (tertiary/aromatic N) is 2. The highest BCUT2D eigenvalue weighted by atomic mass is 16.2. The summed E-state index contributed by atoms with van der Waals surface area (Å²) in [5.74, 6) is 1.27. The molecule has 0 aromatic heterocycles. The predicted octanol–water partition coefficient (Wildman–Crippen LogP) is 3.70. The first-order valence-electron chi connectivity index (χ1n) is 9.32. The number of rotatable bonds is 4. The highest BCUT2D eigenvalue weighted by molar-refractivity contribution is 5.96. The van der Waals surface area contributed by atoms with Crippen LogP contribution >= 0.6 is 0 Å². The largest absolute Gasteiger partial charge is 0.312 e. The number of carbonyl (C=O) groups is 1. The van der Waals surface area contributed by atoms with Crippen LogP contribution in [-0.4, -0.2) is 37.0 Å². The Balaban J connectivity index is 1.28. The summed E-state index contributed by atoms with van der Waals surface area (Å²) < 4.78 is 0. The molecule has 0 N–H and O–H groups in total. The molecule has 1 amide bonds. The van der Waals surface area contributed by atoms with E-state index in [0.717, 1.165) is 37.7 Å². The molecule has 124 valence electrons. The third-order valence-electron chi connectivity index (χ3n) is 6.09. The average Bonchev–Trinajstić information content (AvgIpc) is 2.91. The molecule has 23 heavy (non-hydrogen) atoms. The Kier molecular flexibility index (Phi) is 4.14. The van der Waals surface area contributed by atoms with Gasteiger partial charge in [-0.1, -0.05) is 50.3 Å². The number of hydrogen-bond donors (Lipinski definition) is 0. The molecule has 2 heterocycles. The topological polar surface area (TPSA) is 23.6 Å². The van der Waals surface area contributed by atoms with Gasteiger partial charge in [-0.25, -0.2) is 0 Å². The second kappa shape index (κ2) is 6.27. The molecule has 1 saturated carbocycles. The van der Waals surface area contributed by atoms with Crippen LogP contribution in [0.2, 0.25) is 0 Å². The number of benzene rings is 1. The number of para-hydroxylation sites is 1. The Bertz CT molecular complexity index is 544. The van der Waals surface area contributed by atoms with Crippen LogP contribution in [0.5, 0.6) is 0 Å². The van der Waals surface area contributed by atoms with Gasteiger partial charge in [0, 0.05) is 37.2 Å². The molecular weight excluding hydrogens is 284 g/mol. The number of carbonyl (C=O) groups excluding carboxylic acids is 1. The number of likely N-dealkylation sites (tertiary alicyclic amines) is 1. The van der Waals surface area contributed by atoms with Gasteiger partial charge in [-0.15, -0.1) is 0 Å². The molecule has 1 aromatic carbocycles. The van der Waals surface area contributed by atoms with Crippen molar-refractivity contribution in [3.63, 3.8) is 0 Å². The fourth-order valence-corrected chi connectivity index (χ4v) is 4.85. The second-order valence-corrected chi connectivity index (χ2v) is 8.00. The zero-order valence-corrected chi connectivity index (χ0v) is 14.0. The lowest BCUT2D eigenvalue weighted by Crippen LogP contribution is -2.57. The Labute approximate surface area is 139 Å². The Morgan fingerprint density at radius 2 is 1.74 bits per heavy atom. The van der Waals surface area contributed by atoms with Gasteiger partial charge in [-0.05, 0) is 31.0 Å². The smallest absolute Gasteiger partial charge is 0.227 e. The minimum atomic E-state index is 0.236. The minimum absolute atomic E-state index is 0.236. The summed E-state index contributed by atoms with van der Waals surface area (Å²) in [5, 5.41) is 0. The van der Waals surface area contributed by atoms with Crippen molar-refractivity contribution in [2.75, 3.05) is 31.1 Å². The Morgan fingerprint density at radius 1 is 1.00 bits per heavy atom. The van der Waals surface area contributed by atoms with Crippen LogP contribution in [-0.2, 0) is 4.79 Å². The van der Waals surface area contributed by atoms with E-state index in [2.05, 4.69) is 17.0 Å². The highest BCUT2D eigenvalue weighted by Gasteiger charge is 2.51. The maximum Gasteiger partial charge on any atom is 0.227 e. The fourth-order valence-electron chi connectivity index (χ4n) is 4.85. The highest BCUT2D eigenvalue weighted by Crippen LogP contribution is 2.42. The summed E-state index contributed by atoms with van der Waals surface area (Å²) >= 11 is 0. The molecule has 3 nitrogen and oxygen atoms in total. The van der Waals surface area contributed by atoms with Crippen LogP contribution < -0.4 is 4.90 Å². The summed E-state index contributed by atoms with van der Waals surface area (Å²) in [5.41, 5.74) is 1.30. The third kappa shape index (κ3) is 3.16. The van der Waals surface area contributed by atoms with E-state index in [4.69, 9.17) is 0 Å². The van der Waals surface area contributed by atoms with E-state index in [-0.39, 0.29) is 5.41 Å². The molecule has 1 aliphatic carbocycles. The van der Waals surface area contributed by atoms with Crippen LogP contribution in [0.25, 0.3) is 0 Å². The molecule has 3 fully saturated rings. The molecule has 0 bridgehead atoms. The normalized spacial score (nSPS) is 25.0. The lowest BCUT2D eigenvalue weighted by molar-refractivity contribution is -0.119. The number of anilines is 1. The van der Waals surface area contributed by atoms with Crippen molar-refractivity contribution in [3.8, 4) is 0 Å². The van der Waals surface area contributed by atoms with Crippen LogP contribution in [0.15, 0.2) is 30.3 Å². The number of amides is 1. The molecule has 0 unspecified atom stereocenters. The van der Waals surface area contributed by atoms with Gasteiger partial charge in [-0.3, -0.25) is 4.79 Å². The summed E-state index contributed by atoms with van der Waals surface area (Å²) in [7, 11) is 0. The van der Waals surface area contributed by atoms with Gasteiger partial charge in [0.1, 0.15) is 0 Å². The summed E-state index contributed by atoms with van der Waals surface area (Å²) in [4.78, 5) is 17.0. The standard InChI is InChI=1S/C20H28N2O/c23-19-13-20(16-22(19)18-9-5-2-6-10-18)14-21(15-20)12-11-17-7-3-1-4-8-17/h2,5-6,9-10,17H,1,3-4,7-8,11-16H2. The van der Waals surface area contributed by atoms with E-state index in [1.165, 1.54) is 45.1 Å². The Morgan fingerprint density at radius 3 is 2.48 bits per heavy atom. The molecule has 1 aromatic rings. The predicted molar refractivity (Wildman–Crippen MR) is 93.5 cm³/mol. The van der Waals surface area contributed by atoms with Crippen molar-refractivity contribution in [1.82, 2.24) is 4.90 Å². The van der Waals surface area contributed by atoms with Gasteiger partial charge in [0.15, 0.2) is 0 Å². The monoisotopic (exact) mass is 312 g/mol. The molecule has 4 rings (SSSR count). The van der Waals surface area contributed by atoms with Crippen molar-refractivity contribution in [2.24, 2.45) is 11.3 Å². The molecule has 2 aliphatic heterocycles. The number of hydrogen-bond acceptors (Lipinski definition) is 2. The van der Waals surface area contributed by atoms with Crippen molar-refractivity contribution < 1.29 is 4.79 Å². The maximum absolute atomic E-state index is 12.4. The average molecular weight is 312 g/mol. The molecule has 2 saturated heterocycles. The zero-order chi connectivity index (χ0) is 15.7. The van der Waals surface area contributed by atoms with E-state index in [1.54, 1.807) is 0 Å². The maximum atomic E-state index is 12.4. The van der Waals surface area contributed by atoms with Crippen molar-refractivity contribution in [1.29, 1.82) is 0 Å². The molecule has 3 heteroatoms. The molecule has 0 atom stereocenters. The molecule has 0 radical (unpaired) electrons. The molecular formula is C20H28N2O. The molecule has 3 aliphatic rings. The van der Waals surface area contributed by atoms with E-state index in [0.29, 0.717) is 5.91 Å². The SMILES string of the molecule is O=C1CC2(CN(CCC3CCCCC3)C2)CN1c1ccccc1. The van der Waals surface area contributed by atoms with Crippen molar-refractivity contribution >= 4 is 11.6 Å². The first kappa shape index (κ1) is 15.2. The van der Waals surface area contributed by atoms with Gasteiger partial charge in [0.2, 0.25) is 5.91 Å². The lowest BCUT2D eigenvalue weighted by Gasteiger charge is -2.48. The molecule has 1 spiro atoms. The first-order valence-corrected chi connectivity index (χ1v) is 9.32. The Hall–Kier alpha value is -1.35. The van der Waals surface area contributed by atoms with E-state index < -0.39 is 0 Å². The van der Waals surface area contributed by atoms with Gasteiger partial charge < -0.3 is 9.80 Å². The summed E-state index contributed by atoms with van der Waals surface area (Å²) in [6.07, 6.45) is 9.32. The summed E-state index contributed by atoms with van der Waals surface area (Å²) in [6.45, 7) is 4.39. The van der Waals surface area contributed by atoms with Crippen LogP contribution in [0, 0.1) is 11.3 Å². The zero-order valence-electron chi connectivity index (χ0n) is 14.0. The van der Waals surface area contributed by atoms with E-state index in [1.807, 2.05) is 23.1 Å². The van der Waals surface area contributed by atoms with Gasteiger partial charge in [0.25, 0.3) is 0 Å². The lowest BCUT2D eigenvalue weighted by atomic mass is 9.78. The van der Waals surface area contributed by atoms with Gasteiger partial charge in [-0.2, -0.15) is 0 Å². The summed E-state index contributed by atoms with van der Waals surface area (Å²) in [6, 6.07) is 10.2. The second-order valence-electron chi connectivity index (χ2n) is 8.00. The third-order valence-corrected chi connectivity index (χ3v) is 6.09. The van der Waals surface area contributed by atoms with Gasteiger partial charge in [0.05, 0.1) is 0 Å². The fraction of sp³-hybridized carbons (Fsp3) is 0.650. The first-order chi connectivity index (χ1) is 11.2.